The second-order valence-electron chi connectivity index (χ2n) is 5.12. The number of aromatic nitrogens is 3. The molecule has 0 aliphatic carbocycles. The molecule has 0 saturated carbocycles. The van der Waals surface area contributed by atoms with Crippen molar-refractivity contribution in [2.75, 3.05) is 12.4 Å². The molecule has 2 rings (SSSR count). The van der Waals surface area contributed by atoms with Gasteiger partial charge in [-0.05, 0) is 31.2 Å². The van der Waals surface area contributed by atoms with Crippen LogP contribution >= 0.6 is 0 Å². The van der Waals surface area contributed by atoms with Crippen LogP contribution in [0, 0.1) is 0 Å². The van der Waals surface area contributed by atoms with Gasteiger partial charge >= 0.3 is 0 Å². The average Bonchev–Trinajstić information content (AvgIpc) is 3.02. The van der Waals surface area contributed by atoms with Gasteiger partial charge in [0.2, 0.25) is 5.91 Å². The van der Waals surface area contributed by atoms with E-state index in [1.165, 1.54) is 23.1 Å². The minimum Gasteiger partial charge on any atom is -0.507 e. The first-order chi connectivity index (χ1) is 11.5. The normalized spacial score (nSPS) is 10.2. The number of hydrogen-bond donors (Lipinski definition) is 2. The zero-order valence-electron chi connectivity index (χ0n) is 13.6. The largest absolute Gasteiger partial charge is 0.507 e. The number of aryl methyl sites for hydroxylation is 1. The molecule has 0 bridgehead atoms. The predicted octanol–water partition coefficient (Wildman–Crippen LogP) is 1.40. The van der Waals surface area contributed by atoms with Gasteiger partial charge in [0.05, 0.1) is 12.1 Å². The molecular weight excluding hydrogens is 310 g/mol. The van der Waals surface area contributed by atoms with E-state index in [2.05, 4.69) is 22.1 Å². The SMILES string of the molecule is C=CC(=O)Nc1ccc(O)c(C(=O)N(C)Cc2nncn2CC)c1. The number of nitrogens with zero attached hydrogens (tertiary/aromatic N) is 4. The Morgan fingerprint density at radius 2 is 2.21 bits per heavy atom. The van der Waals surface area contributed by atoms with Crippen molar-refractivity contribution in [3.8, 4) is 5.75 Å². The summed E-state index contributed by atoms with van der Waals surface area (Å²) in [5, 5.41) is 20.3. The van der Waals surface area contributed by atoms with Crippen LogP contribution in [0.4, 0.5) is 5.69 Å². The highest BCUT2D eigenvalue weighted by molar-refractivity contribution is 6.01. The fraction of sp³-hybridized carbons (Fsp3) is 0.250. The minimum atomic E-state index is -0.400. The first-order valence-electron chi connectivity index (χ1n) is 7.34. The molecule has 0 atom stereocenters. The molecule has 1 heterocycles. The molecule has 0 fully saturated rings. The Kier molecular flexibility index (Phi) is 5.31. The second kappa shape index (κ2) is 7.40. The van der Waals surface area contributed by atoms with E-state index in [0.29, 0.717) is 18.1 Å². The first-order valence-corrected chi connectivity index (χ1v) is 7.34. The van der Waals surface area contributed by atoms with E-state index in [1.807, 2.05) is 11.5 Å². The number of benzene rings is 1. The third kappa shape index (κ3) is 3.78. The van der Waals surface area contributed by atoms with Crippen LogP contribution in [0.25, 0.3) is 0 Å². The Hall–Kier alpha value is -3.16. The summed E-state index contributed by atoms with van der Waals surface area (Å²) < 4.78 is 1.82. The third-order valence-electron chi connectivity index (χ3n) is 3.44. The fourth-order valence-electron chi connectivity index (χ4n) is 2.13. The smallest absolute Gasteiger partial charge is 0.257 e. The summed E-state index contributed by atoms with van der Waals surface area (Å²) in [4.78, 5) is 25.4. The van der Waals surface area contributed by atoms with Crippen molar-refractivity contribution in [2.45, 2.75) is 20.0 Å². The van der Waals surface area contributed by atoms with Crippen molar-refractivity contribution in [1.82, 2.24) is 19.7 Å². The number of hydrogen-bond acceptors (Lipinski definition) is 5. The molecule has 2 aromatic rings. The fourth-order valence-corrected chi connectivity index (χ4v) is 2.13. The molecule has 24 heavy (non-hydrogen) atoms. The van der Waals surface area contributed by atoms with Gasteiger partial charge in [-0.1, -0.05) is 6.58 Å². The van der Waals surface area contributed by atoms with E-state index in [-0.39, 0.29) is 17.9 Å². The number of carbonyl (C=O) groups excluding carboxylic acids is 2. The van der Waals surface area contributed by atoms with Gasteiger partial charge in [-0.3, -0.25) is 9.59 Å². The summed E-state index contributed by atoms with van der Waals surface area (Å²) in [5.74, 6) is -0.319. The van der Waals surface area contributed by atoms with E-state index < -0.39 is 11.8 Å². The molecule has 8 nitrogen and oxygen atoms in total. The van der Waals surface area contributed by atoms with Crippen molar-refractivity contribution in [3.05, 3.63) is 48.6 Å². The predicted molar refractivity (Wildman–Crippen MR) is 88.4 cm³/mol. The van der Waals surface area contributed by atoms with Crippen LogP contribution in [0.15, 0.2) is 37.2 Å². The molecule has 0 saturated heterocycles. The van der Waals surface area contributed by atoms with E-state index >= 15 is 0 Å². The van der Waals surface area contributed by atoms with Crippen molar-refractivity contribution in [2.24, 2.45) is 0 Å². The van der Waals surface area contributed by atoms with Gasteiger partial charge in [0.15, 0.2) is 5.82 Å². The lowest BCUT2D eigenvalue weighted by molar-refractivity contribution is -0.111. The average molecular weight is 329 g/mol. The molecule has 2 N–H and O–H groups in total. The summed E-state index contributed by atoms with van der Waals surface area (Å²) >= 11 is 0. The highest BCUT2D eigenvalue weighted by Gasteiger charge is 2.18. The van der Waals surface area contributed by atoms with Gasteiger partial charge in [-0.25, -0.2) is 0 Å². The van der Waals surface area contributed by atoms with Crippen LogP contribution in [0.5, 0.6) is 5.75 Å². The Balaban J connectivity index is 2.20. The number of nitrogens with one attached hydrogen (secondary N) is 1. The van der Waals surface area contributed by atoms with Gasteiger partial charge in [0.1, 0.15) is 12.1 Å². The number of amides is 2. The van der Waals surface area contributed by atoms with Crippen LogP contribution in [0.3, 0.4) is 0 Å². The van der Waals surface area contributed by atoms with Gasteiger partial charge in [0.25, 0.3) is 5.91 Å². The zero-order chi connectivity index (χ0) is 17.7. The number of aromatic hydroxyl groups is 1. The highest BCUT2D eigenvalue weighted by atomic mass is 16.3. The topological polar surface area (TPSA) is 100 Å². The number of phenols is 1. The molecule has 8 heteroatoms. The Morgan fingerprint density at radius 1 is 1.46 bits per heavy atom. The molecule has 1 aromatic heterocycles. The maximum atomic E-state index is 12.6. The molecular formula is C16H19N5O3. The molecule has 0 unspecified atom stereocenters. The first kappa shape index (κ1) is 17.2. The summed E-state index contributed by atoms with van der Waals surface area (Å²) in [6, 6.07) is 4.27. The Morgan fingerprint density at radius 3 is 2.88 bits per heavy atom. The number of anilines is 1. The van der Waals surface area contributed by atoms with Crippen LogP contribution in [0.1, 0.15) is 23.1 Å². The van der Waals surface area contributed by atoms with Gasteiger partial charge in [-0.15, -0.1) is 10.2 Å². The van der Waals surface area contributed by atoms with E-state index in [4.69, 9.17) is 0 Å². The monoisotopic (exact) mass is 329 g/mol. The maximum absolute atomic E-state index is 12.6. The van der Waals surface area contributed by atoms with Gasteiger partial charge in [-0.2, -0.15) is 0 Å². The van der Waals surface area contributed by atoms with E-state index in [1.54, 1.807) is 13.4 Å². The molecule has 2 amide bonds. The second-order valence-corrected chi connectivity index (χ2v) is 5.12. The Bertz CT molecular complexity index is 769. The van der Waals surface area contributed by atoms with Gasteiger partial charge in [0, 0.05) is 19.3 Å². The van der Waals surface area contributed by atoms with Crippen LogP contribution in [0.2, 0.25) is 0 Å². The number of rotatable bonds is 6. The van der Waals surface area contributed by atoms with E-state index in [9.17, 15) is 14.7 Å². The lowest BCUT2D eigenvalue weighted by Gasteiger charge is -2.18. The Labute approximate surface area is 139 Å². The molecule has 1 aromatic carbocycles. The van der Waals surface area contributed by atoms with Crippen molar-refractivity contribution >= 4 is 17.5 Å². The summed E-state index contributed by atoms with van der Waals surface area (Å²) in [6.07, 6.45) is 2.72. The molecule has 0 spiro atoms. The molecule has 0 aliphatic heterocycles. The zero-order valence-corrected chi connectivity index (χ0v) is 13.6. The summed E-state index contributed by atoms with van der Waals surface area (Å²) in [5.41, 5.74) is 0.480. The number of phenolic OH excluding ortho intramolecular Hbond substituents is 1. The van der Waals surface area contributed by atoms with Crippen LogP contribution in [-0.4, -0.2) is 43.6 Å². The quantitative estimate of drug-likeness (QED) is 0.616. The number of carbonyl (C=O) groups is 2. The highest BCUT2D eigenvalue weighted by Crippen LogP contribution is 2.23. The van der Waals surface area contributed by atoms with Crippen LogP contribution < -0.4 is 5.32 Å². The van der Waals surface area contributed by atoms with Crippen molar-refractivity contribution in [1.29, 1.82) is 0 Å². The van der Waals surface area contributed by atoms with Crippen molar-refractivity contribution in [3.63, 3.8) is 0 Å². The van der Waals surface area contributed by atoms with E-state index in [0.717, 1.165) is 6.08 Å². The molecule has 126 valence electrons. The van der Waals surface area contributed by atoms with Gasteiger partial charge < -0.3 is 19.9 Å². The standard InChI is InChI=1S/C16H19N5O3/c1-4-15(23)18-11-6-7-13(22)12(8-11)16(24)20(3)9-14-19-17-10-21(14)5-2/h4,6-8,10,22H,1,5,9H2,2-3H3,(H,18,23). The maximum Gasteiger partial charge on any atom is 0.257 e. The lowest BCUT2D eigenvalue weighted by Crippen LogP contribution is -2.28. The summed E-state index contributed by atoms with van der Waals surface area (Å²) in [7, 11) is 1.60. The lowest BCUT2D eigenvalue weighted by atomic mass is 10.1. The molecule has 0 aliphatic rings. The van der Waals surface area contributed by atoms with Crippen molar-refractivity contribution < 1.29 is 14.7 Å². The summed E-state index contributed by atoms with van der Waals surface area (Å²) in [6.45, 7) is 6.26. The molecule has 0 radical (unpaired) electrons. The minimum absolute atomic E-state index is 0.0851. The van der Waals surface area contributed by atoms with Crippen LogP contribution in [-0.2, 0) is 17.9 Å². The third-order valence-corrected chi connectivity index (χ3v) is 3.44.